The molecule has 1 saturated heterocycles. The van der Waals surface area contributed by atoms with Crippen LogP contribution in [0.3, 0.4) is 0 Å². The van der Waals surface area contributed by atoms with Crippen LogP contribution in [0.5, 0.6) is 0 Å². The van der Waals surface area contributed by atoms with Gasteiger partial charge in [-0.15, -0.1) is 0 Å². The van der Waals surface area contributed by atoms with Crippen LogP contribution in [0.15, 0.2) is 29.2 Å². The standard InChI is InChI=1S/C15H18N2O5S/c1-10-7-16(8-11(2)22-10)14(18)9-17-15(19)12-5-3-4-6-13(12)23(17,20)21/h3-6,10-11H,7-9H2,1-2H3/t10-,11-/m0/s1. The van der Waals surface area contributed by atoms with Crippen molar-refractivity contribution >= 4 is 21.8 Å². The molecule has 2 aliphatic rings. The molecule has 23 heavy (non-hydrogen) atoms. The second-order valence-corrected chi connectivity index (χ2v) is 7.70. The van der Waals surface area contributed by atoms with Gasteiger partial charge < -0.3 is 9.64 Å². The lowest BCUT2D eigenvalue weighted by Gasteiger charge is -2.35. The number of hydrogen-bond donors (Lipinski definition) is 0. The number of fused-ring (bicyclic) bond motifs is 1. The molecule has 0 radical (unpaired) electrons. The first-order chi connectivity index (χ1) is 10.8. The van der Waals surface area contributed by atoms with E-state index in [2.05, 4.69) is 0 Å². The molecule has 124 valence electrons. The normalized spacial score (nSPS) is 26.3. The maximum Gasteiger partial charge on any atom is 0.269 e. The van der Waals surface area contributed by atoms with Crippen LogP contribution >= 0.6 is 0 Å². The molecule has 1 aromatic rings. The Morgan fingerprint density at radius 1 is 1.22 bits per heavy atom. The summed E-state index contributed by atoms with van der Waals surface area (Å²) in [5.74, 6) is -1.04. The molecule has 8 heteroatoms. The molecular weight excluding hydrogens is 320 g/mol. The molecule has 0 aromatic heterocycles. The zero-order valence-electron chi connectivity index (χ0n) is 12.9. The monoisotopic (exact) mass is 338 g/mol. The van der Waals surface area contributed by atoms with Crippen LogP contribution in [0.25, 0.3) is 0 Å². The fourth-order valence-electron chi connectivity index (χ4n) is 2.99. The number of carbonyl (C=O) groups is 2. The Bertz CT molecular complexity index is 751. The molecule has 0 aliphatic carbocycles. The Hall–Kier alpha value is -1.93. The van der Waals surface area contributed by atoms with Crippen molar-refractivity contribution in [1.82, 2.24) is 9.21 Å². The van der Waals surface area contributed by atoms with Gasteiger partial charge in [-0.1, -0.05) is 12.1 Å². The van der Waals surface area contributed by atoms with Crippen LogP contribution in [0, 0.1) is 0 Å². The molecule has 1 aromatic carbocycles. The molecular formula is C15H18N2O5S. The lowest BCUT2D eigenvalue weighted by Crippen LogP contribution is -2.51. The minimum Gasteiger partial charge on any atom is -0.372 e. The van der Waals surface area contributed by atoms with E-state index in [4.69, 9.17) is 4.74 Å². The number of amides is 2. The molecule has 0 unspecified atom stereocenters. The fraction of sp³-hybridized carbons (Fsp3) is 0.467. The molecule has 2 aliphatic heterocycles. The van der Waals surface area contributed by atoms with Gasteiger partial charge in [-0.3, -0.25) is 9.59 Å². The molecule has 2 amide bonds. The highest BCUT2D eigenvalue weighted by molar-refractivity contribution is 7.90. The number of hydrogen-bond acceptors (Lipinski definition) is 5. The molecule has 2 atom stereocenters. The Kier molecular flexibility index (Phi) is 3.89. The van der Waals surface area contributed by atoms with E-state index in [9.17, 15) is 18.0 Å². The average molecular weight is 338 g/mol. The van der Waals surface area contributed by atoms with Gasteiger partial charge in [0.15, 0.2) is 0 Å². The van der Waals surface area contributed by atoms with Crippen LogP contribution in [-0.4, -0.2) is 61.3 Å². The number of carbonyl (C=O) groups excluding carboxylic acids is 2. The van der Waals surface area contributed by atoms with E-state index in [0.29, 0.717) is 17.4 Å². The number of ether oxygens (including phenoxy) is 1. The van der Waals surface area contributed by atoms with Crippen molar-refractivity contribution in [1.29, 1.82) is 0 Å². The van der Waals surface area contributed by atoms with E-state index in [1.807, 2.05) is 13.8 Å². The van der Waals surface area contributed by atoms with Crippen LogP contribution < -0.4 is 0 Å². The van der Waals surface area contributed by atoms with Gasteiger partial charge in [0.25, 0.3) is 15.9 Å². The summed E-state index contributed by atoms with van der Waals surface area (Å²) < 4.78 is 31.1. The summed E-state index contributed by atoms with van der Waals surface area (Å²) in [5.41, 5.74) is 0.115. The first-order valence-electron chi connectivity index (χ1n) is 7.40. The van der Waals surface area contributed by atoms with Gasteiger partial charge in [-0.05, 0) is 26.0 Å². The number of rotatable bonds is 2. The van der Waals surface area contributed by atoms with Crippen molar-refractivity contribution < 1.29 is 22.7 Å². The predicted molar refractivity (Wildman–Crippen MR) is 81.3 cm³/mol. The molecule has 2 heterocycles. The zero-order chi connectivity index (χ0) is 16.8. The Morgan fingerprint density at radius 2 is 1.83 bits per heavy atom. The third-order valence-corrected chi connectivity index (χ3v) is 5.75. The zero-order valence-corrected chi connectivity index (χ0v) is 13.7. The predicted octanol–water partition coefficient (Wildman–Crippen LogP) is 0.467. The summed E-state index contributed by atoms with van der Waals surface area (Å²) in [7, 11) is -3.95. The van der Waals surface area contributed by atoms with Gasteiger partial charge >= 0.3 is 0 Å². The second-order valence-electron chi connectivity index (χ2n) is 5.87. The number of morpholine rings is 1. The third-order valence-electron chi connectivity index (χ3n) is 3.96. The summed E-state index contributed by atoms with van der Waals surface area (Å²) in [6, 6.07) is 5.99. The molecule has 0 saturated carbocycles. The van der Waals surface area contributed by atoms with Gasteiger partial charge in [0, 0.05) is 13.1 Å². The Morgan fingerprint density at radius 3 is 2.43 bits per heavy atom. The maximum atomic E-state index is 12.5. The van der Waals surface area contributed by atoms with E-state index in [1.54, 1.807) is 17.0 Å². The van der Waals surface area contributed by atoms with Gasteiger partial charge in [0.05, 0.1) is 17.8 Å². The minimum absolute atomic E-state index is 0.0403. The smallest absolute Gasteiger partial charge is 0.269 e. The van der Waals surface area contributed by atoms with Crippen LogP contribution in [0.4, 0.5) is 0 Å². The first-order valence-corrected chi connectivity index (χ1v) is 8.84. The highest BCUT2D eigenvalue weighted by atomic mass is 32.2. The second kappa shape index (κ2) is 5.61. The Balaban J connectivity index is 1.81. The maximum absolute atomic E-state index is 12.5. The van der Waals surface area contributed by atoms with Crippen LogP contribution in [0.2, 0.25) is 0 Å². The van der Waals surface area contributed by atoms with Crippen molar-refractivity contribution in [2.45, 2.75) is 31.0 Å². The van der Waals surface area contributed by atoms with Crippen molar-refractivity contribution in [2.24, 2.45) is 0 Å². The van der Waals surface area contributed by atoms with E-state index < -0.39 is 28.4 Å². The van der Waals surface area contributed by atoms with Crippen molar-refractivity contribution in [2.75, 3.05) is 19.6 Å². The summed E-state index contributed by atoms with van der Waals surface area (Å²) in [4.78, 5) is 26.3. The first kappa shape index (κ1) is 15.9. The highest BCUT2D eigenvalue weighted by Crippen LogP contribution is 2.29. The van der Waals surface area contributed by atoms with Gasteiger partial charge in [-0.2, -0.15) is 0 Å². The van der Waals surface area contributed by atoms with Crippen molar-refractivity contribution in [3.63, 3.8) is 0 Å². The van der Waals surface area contributed by atoms with Crippen LogP contribution in [0.1, 0.15) is 24.2 Å². The van der Waals surface area contributed by atoms with E-state index in [-0.39, 0.29) is 22.7 Å². The fourth-order valence-corrected chi connectivity index (χ4v) is 4.51. The van der Waals surface area contributed by atoms with E-state index in [1.165, 1.54) is 12.1 Å². The molecule has 7 nitrogen and oxygen atoms in total. The van der Waals surface area contributed by atoms with Gasteiger partial charge in [0.2, 0.25) is 5.91 Å². The van der Waals surface area contributed by atoms with Crippen LogP contribution in [-0.2, 0) is 19.6 Å². The topological polar surface area (TPSA) is 84.0 Å². The highest BCUT2D eigenvalue weighted by Gasteiger charge is 2.42. The molecule has 0 bridgehead atoms. The molecule has 0 N–H and O–H groups in total. The lowest BCUT2D eigenvalue weighted by molar-refractivity contribution is -0.143. The molecule has 3 rings (SSSR count). The minimum atomic E-state index is -3.95. The van der Waals surface area contributed by atoms with E-state index in [0.717, 1.165) is 0 Å². The third kappa shape index (κ3) is 2.72. The molecule has 1 fully saturated rings. The van der Waals surface area contributed by atoms with Crippen molar-refractivity contribution in [3.05, 3.63) is 29.8 Å². The summed E-state index contributed by atoms with van der Waals surface area (Å²) >= 11 is 0. The number of benzene rings is 1. The average Bonchev–Trinajstić information content (AvgIpc) is 2.68. The summed E-state index contributed by atoms with van der Waals surface area (Å²) in [6.45, 7) is 4.00. The van der Waals surface area contributed by atoms with Gasteiger partial charge in [-0.25, -0.2) is 12.7 Å². The largest absolute Gasteiger partial charge is 0.372 e. The number of nitrogens with zero attached hydrogens (tertiary/aromatic N) is 2. The lowest BCUT2D eigenvalue weighted by atomic mass is 10.2. The molecule has 0 spiro atoms. The Labute approximate surface area is 134 Å². The SMILES string of the molecule is C[C@H]1CN(C(=O)CN2C(=O)c3ccccc3S2(=O)=O)C[C@H](C)O1. The van der Waals surface area contributed by atoms with Gasteiger partial charge in [0.1, 0.15) is 11.4 Å². The van der Waals surface area contributed by atoms with E-state index >= 15 is 0 Å². The van der Waals surface area contributed by atoms with Crippen molar-refractivity contribution in [3.8, 4) is 0 Å². The quantitative estimate of drug-likeness (QED) is 0.782. The number of sulfonamides is 1. The summed E-state index contributed by atoms with van der Waals surface area (Å²) in [5, 5.41) is 0. The summed E-state index contributed by atoms with van der Waals surface area (Å²) in [6.07, 6.45) is -0.239.